The van der Waals surface area contributed by atoms with Gasteiger partial charge in [-0.1, -0.05) is 0 Å². The highest BCUT2D eigenvalue weighted by atomic mass is 19.4. The lowest BCUT2D eigenvalue weighted by molar-refractivity contribution is -0.141. The highest BCUT2D eigenvalue weighted by Crippen LogP contribution is 2.28. The molecule has 0 unspecified atom stereocenters. The molecule has 1 heterocycles. The van der Waals surface area contributed by atoms with E-state index in [9.17, 15) is 13.2 Å². The number of hydrogen-bond acceptors (Lipinski definition) is 3. The SMILES string of the molecule is N#Cc1n[n-]nc1C(F)(F)F. The average molecular weight is 161 g/mol. The van der Waals surface area contributed by atoms with E-state index in [1.54, 1.807) is 0 Å². The Labute approximate surface area is 58.6 Å². The Balaban J connectivity index is 3.15. The number of rotatable bonds is 0. The maximum Gasteiger partial charge on any atom is 0.434 e. The Morgan fingerprint density at radius 3 is 2.36 bits per heavy atom. The highest BCUT2D eigenvalue weighted by molar-refractivity contribution is 5.25. The van der Waals surface area contributed by atoms with Gasteiger partial charge < -0.3 is 15.4 Å². The Morgan fingerprint density at radius 1 is 1.36 bits per heavy atom. The van der Waals surface area contributed by atoms with Crippen molar-refractivity contribution in [3.05, 3.63) is 11.4 Å². The molecule has 58 valence electrons. The van der Waals surface area contributed by atoms with Crippen LogP contribution in [0.2, 0.25) is 0 Å². The first-order valence-electron chi connectivity index (χ1n) is 2.39. The summed E-state index contributed by atoms with van der Waals surface area (Å²) in [6, 6.07) is 1.23. The lowest BCUT2D eigenvalue weighted by Gasteiger charge is -2.01. The normalized spacial score (nSPS) is 11.1. The molecule has 0 aliphatic rings. The smallest absolute Gasteiger partial charge is 0.434 e. The molecule has 0 aliphatic carbocycles. The number of hydrogen-bond donors (Lipinski definition) is 0. The first-order valence-corrected chi connectivity index (χ1v) is 2.39. The van der Waals surface area contributed by atoms with Crippen molar-refractivity contribution >= 4 is 0 Å². The molecule has 0 saturated carbocycles. The molecule has 0 atom stereocenters. The summed E-state index contributed by atoms with van der Waals surface area (Å²) in [5.41, 5.74) is -2.13. The summed E-state index contributed by atoms with van der Waals surface area (Å²) in [6.07, 6.45) is -4.64. The fourth-order valence-corrected chi connectivity index (χ4v) is 0.473. The van der Waals surface area contributed by atoms with Gasteiger partial charge in [0, 0.05) is 0 Å². The number of halogens is 3. The minimum atomic E-state index is -4.64. The molecule has 0 aliphatic heterocycles. The topological polar surface area (TPSA) is 63.7 Å². The molecular weight excluding hydrogens is 161 g/mol. The van der Waals surface area contributed by atoms with Crippen LogP contribution in [-0.2, 0) is 6.18 Å². The van der Waals surface area contributed by atoms with Gasteiger partial charge in [0.1, 0.15) is 6.07 Å². The molecule has 1 aromatic heterocycles. The van der Waals surface area contributed by atoms with Gasteiger partial charge in [0.15, 0.2) is 11.4 Å². The molecule has 0 saturated heterocycles. The summed E-state index contributed by atoms with van der Waals surface area (Å²) in [6.45, 7) is 0. The Hall–Kier alpha value is -1.58. The zero-order chi connectivity index (χ0) is 8.48. The predicted octanol–water partition coefficient (Wildman–Crippen LogP) is 0.324. The summed E-state index contributed by atoms with van der Waals surface area (Å²) in [4.78, 5) is 0. The summed E-state index contributed by atoms with van der Waals surface area (Å²) in [5, 5.41) is 16.3. The van der Waals surface area contributed by atoms with E-state index in [2.05, 4.69) is 15.4 Å². The van der Waals surface area contributed by atoms with E-state index in [1.807, 2.05) is 0 Å². The third-order valence-electron chi connectivity index (χ3n) is 0.888. The third kappa shape index (κ3) is 1.29. The quantitative estimate of drug-likeness (QED) is 0.549. The molecule has 7 heteroatoms. The molecule has 11 heavy (non-hydrogen) atoms. The number of aromatic nitrogens is 3. The summed E-state index contributed by atoms with van der Waals surface area (Å²) in [5.74, 6) is 0. The van der Waals surface area contributed by atoms with Crippen LogP contribution in [0.3, 0.4) is 0 Å². The fourth-order valence-electron chi connectivity index (χ4n) is 0.473. The Kier molecular flexibility index (Phi) is 1.53. The summed E-state index contributed by atoms with van der Waals surface area (Å²) < 4.78 is 35.3. The van der Waals surface area contributed by atoms with Gasteiger partial charge in [-0.2, -0.15) is 18.4 Å². The van der Waals surface area contributed by atoms with Crippen molar-refractivity contribution in [1.82, 2.24) is 15.4 Å². The van der Waals surface area contributed by atoms with Crippen molar-refractivity contribution < 1.29 is 13.2 Å². The second kappa shape index (κ2) is 2.23. The van der Waals surface area contributed by atoms with E-state index in [1.165, 1.54) is 6.07 Å². The van der Waals surface area contributed by atoms with Crippen LogP contribution in [0.1, 0.15) is 11.4 Å². The van der Waals surface area contributed by atoms with Gasteiger partial charge in [0.05, 0.1) is 0 Å². The zero-order valence-corrected chi connectivity index (χ0v) is 4.92. The molecule has 0 aromatic carbocycles. The van der Waals surface area contributed by atoms with Gasteiger partial charge in [-0.25, -0.2) is 0 Å². The lowest BCUT2D eigenvalue weighted by atomic mass is 10.3. The van der Waals surface area contributed by atoms with Crippen LogP contribution in [0.5, 0.6) is 0 Å². The van der Waals surface area contributed by atoms with Crippen molar-refractivity contribution in [3.63, 3.8) is 0 Å². The maximum absolute atomic E-state index is 11.8. The fraction of sp³-hybridized carbons (Fsp3) is 0.250. The average Bonchev–Trinajstić information content (AvgIpc) is 2.31. The first-order chi connectivity index (χ1) is 5.05. The van der Waals surface area contributed by atoms with Gasteiger partial charge in [0.25, 0.3) is 0 Å². The van der Waals surface area contributed by atoms with Crippen molar-refractivity contribution in [2.24, 2.45) is 0 Å². The predicted molar refractivity (Wildman–Crippen MR) is 25.1 cm³/mol. The van der Waals surface area contributed by atoms with Gasteiger partial charge in [0.2, 0.25) is 0 Å². The van der Waals surface area contributed by atoms with Gasteiger partial charge in [-0.05, 0) is 0 Å². The van der Waals surface area contributed by atoms with E-state index in [0.717, 1.165) is 0 Å². The Morgan fingerprint density at radius 2 is 2.00 bits per heavy atom. The van der Waals surface area contributed by atoms with Crippen LogP contribution < -0.4 is 5.21 Å². The van der Waals surface area contributed by atoms with Crippen LogP contribution in [0.25, 0.3) is 0 Å². The minimum Gasteiger partial charge on any atom is -0.492 e. The number of nitriles is 1. The third-order valence-corrected chi connectivity index (χ3v) is 0.888. The van der Waals surface area contributed by atoms with Crippen molar-refractivity contribution in [2.75, 3.05) is 0 Å². The minimum absolute atomic E-state index is 0.794. The molecule has 0 N–H and O–H groups in total. The molecule has 0 amide bonds. The van der Waals surface area contributed by atoms with Crippen LogP contribution in [-0.4, -0.2) is 10.2 Å². The number of alkyl halides is 3. The first kappa shape index (κ1) is 7.53. The largest absolute Gasteiger partial charge is 0.492 e. The van der Waals surface area contributed by atoms with E-state index in [4.69, 9.17) is 5.26 Å². The van der Waals surface area contributed by atoms with E-state index in [0.29, 0.717) is 0 Å². The molecule has 1 rings (SSSR count). The van der Waals surface area contributed by atoms with Crippen LogP contribution in [0, 0.1) is 11.3 Å². The van der Waals surface area contributed by atoms with E-state index >= 15 is 0 Å². The van der Waals surface area contributed by atoms with Crippen molar-refractivity contribution in [2.45, 2.75) is 6.18 Å². The van der Waals surface area contributed by atoms with Crippen molar-refractivity contribution in [1.29, 1.82) is 5.26 Å². The number of nitrogens with zero attached hydrogens (tertiary/aromatic N) is 4. The van der Waals surface area contributed by atoms with Gasteiger partial charge in [-0.15, -0.1) is 0 Å². The molecule has 0 spiro atoms. The molecular formula is C4F3N4-. The van der Waals surface area contributed by atoms with Crippen LogP contribution >= 0.6 is 0 Å². The maximum atomic E-state index is 11.8. The molecule has 0 fully saturated rings. The van der Waals surface area contributed by atoms with E-state index < -0.39 is 17.6 Å². The van der Waals surface area contributed by atoms with Crippen LogP contribution in [0.4, 0.5) is 13.2 Å². The second-order valence-corrected chi connectivity index (χ2v) is 1.60. The highest BCUT2D eigenvalue weighted by Gasteiger charge is 2.34. The van der Waals surface area contributed by atoms with E-state index in [-0.39, 0.29) is 0 Å². The molecule has 1 aromatic rings. The summed E-state index contributed by atoms with van der Waals surface area (Å²) in [7, 11) is 0. The van der Waals surface area contributed by atoms with Crippen molar-refractivity contribution in [3.8, 4) is 6.07 Å². The zero-order valence-electron chi connectivity index (χ0n) is 4.92. The summed E-state index contributed by atoms with van der Waals surface area (Å²) >= 11 is 0. The van der Waals surface area contributed by atoms with Gasteiger partial charge >= 0.3 is 6.18 Å². The Bertz CT molecular complexity index is 293. The standard InChI is InChI=1S/C4F3N4/c5-4(6,7)3-2(1-8)9-11-10-3/q-1. The molecule has 0 radical (unpaired) electrons. The lowest BCUT2D eigenvalue weighted by Crippen LogP contribution is -2.07. The monoisotopic (exact) mass is 161 g/mol. The second-order valence-electron chi connectivity index (χ2n) is 1.60. The molecule has 0 bridgehead atoms. The molecule has 4 nitrogen and oxygen atoms in total. The van der Waals surface area contributed by atoms with Crippen LogP contribution in [0.15, 0.2) is 0 Å². The van der Waals surface area contributed by atoms with Gasteiger partial charge in [-0.3, -0.25) is 0 Å².